The van der Waals surface area contributed by atoms with Crippen molar-refractivity contribution in [3.05, 3.63) is 97.2 Å². The second-order valence-corrected chi connectivity index (χ2v) is 22.7. The molecule has 80 heavy (non-hydrogen) atoms. The van der Waals surface area contributed by atoms with Gasteiger partial charge in [-0.3, -0.25) is 14.4 Å². The molecule has 0 radical (unpaired) electrons. The molecule has 0 aromatic heterocycles. The van der Waals surface area contributed by atoms with E-state index in [9.17, 15) is 14.4 Å². The number of unbranched alkanes of at least 4 members (excludes halogenated alkanes) is 36. The SMILES string of the molecule is CC/C=C\C/C=C\C/C=C\C/C=C\C/C=C\CC(=O)OC(COC(=O)CCCCCCC/C=C\C/C=C\CCCC)COC(=O)CCCCCCCCCCCCCCCCCCCCCCC/C=C\CCCCCCCCCC. The first-order valence-corrected chi connectivity index (χ1v) is 34.2. The second kappa shape index (κ2) is 67.8. The molecule has 0 aliphatic carbocycles. The molecule has 0 aliphatic rings. The van der Waals surface area contributed by atoms with Gasteiger partial charge in [0, 0.05) is 12.8 Å². The van der Waals surface area contributed by atoms with E-state index in [1.165, 1.54) is 199 Å². The van der Waals surface area contributed by atoms with E-state index in [4.69, 9.17) is 14.2 Å². The van der Waals surface area contributed by atoms with E-state index < -0.39 is 12.1 Å². The minimum Gasteiger partial charge on any atom is -0.462 e. The van der Waals surface area contributed by atoms with Gasteiger partial charge in [-0.15, -0.1) is 0 Å². The average molecular weight is 1110 g/mol. The highest BCUT2D eigenvalue weighted by Gasteiger charge is 2.19. The van der Waals surface area contributed by atoms with Crippen molar-refractivity contribution in [3.63, 3.8) is 0 Å². The summed E-state index contributed by atoms with van der Waals surface area (Å²) in [4.78, 5) is 38.2. The van der Waals surface area contributed by atoms with Gasteiger partial charge < -0.3 is 14.2 Å². The lowest BCUT2D eigenvalue weighted by Gasteiger charge is -2.18. The molecule has 6 nitrogen and oxygen atoms in total. The smallest absolute Gasteiger partial charge is 0.310 e. The first-order valence-electron chi connectivity index (χ1n) is 34.2. The van der Waals surface area contributed by atoms with Crippen LogP contribution >= 0.6 is 0 Å². The fourth-order valence-corrected chi connectivity index (χ4v) is 9.71. The Morgan fingerprint density at radius 1 is 0.275 bits per heavy atom. The Bertz CT molecular complexity index is 1560. The monoisotopic (exact) mass is 1110 g/mol. The molecule has 0 saturated carbocycles. The third-order valence-electron chi connectivity index (χ3n) is 14.8. The molecule has 0 bridgehead atoms. The predicted molar refractivity (Wildman–Crippen MR) is 348 cm³/mol. The Morgan fingerprint density at radius 3 is 0.875 bits per heavy atom. The van der Waals surface area contributed by atoms with E-state index in [0.717, 1.165) is 96.3 Å². The Labute approximate surface area is 496 Å². The first kappa shape index (κ1) is 76.3. The topological polar surface area (TPSA) is 78.9 Å². The van der Waals surface area contributed by atoms with Crippen LogP contribution < -0.4 is 0 Å². The number of carbonyl (C=O) groups is 3. The number of esters is 3. The highest BCUT2D eigenvalue weighted by Crippen LogP contribution is 2.17. The number of rotatable bonds is 62. The van der Waals surface area contributed by atoms with E-state index in [1.54, 1.807) is 6.08 Å². The molecule has 0 saturated heterocycles. The van der Waals surface area contributed by atoms with Gasteiger partial charge in [-0.2, -0.15) is 0 Å². The van der Waals surface area contributed by atoms with Crippen molar-refractivity contribution in [3.8, 4) is 0 Å². The van der Waals surface area contributed by atoms with Gasteiger partial charge in [0.05, 0.1) is 6.42 Å². The molecular formula is C74H128O6. The molecule has 0 rings (SSSR count). The van der Waals surface area contributed by atoms with Crippen molar-refractivity contribution in [1.29, 1.82) is 0 Å². The maximum Gasteiger partial charge on any atom is 0.310 e. The molecule has 0 amide bonds. The van der Waals surface area contributed by atoms with E-state index in [0.29, 0.717) is 12.8 Å². The van der Waals surface area contributed by atoms with Crippen molar-refractivity contribution in [1.82, 2.24) is 0 Å². The average Bonchev–Trinajstić information content (AvgIpc) is 3.46. The fourth-order valence-electron chi connectivity index (χ4n) is 9.71. The molecule has 0 aromatic rings. The van der Waals surface area contributed by atoms with Gasteiger partial charge in [0.1, 0.15) is 13.2 Å². The summed E-state index contributed by atoms with van der Waals surface area (Å²) in [6, 6.07) is 0. The summed E-state index contributed by atoms with van der Waals surface area (Å²) in [5, 5.41) is 0. The lowest BCUT2D eigenvalue weighted by atomic mass is 10.0. The first-order chi connectivity index (χ1) is 39.5. The summed E-state index contributed by atoms with van der Waals surface area (Å²) in [5.41, 5.74) is 0. The normalized spacial score (nSPS) is 12.7. The molecule has 0 fully saturated rings. The zero-order valence-corrected chi connectivity index (χ0v) is 52.8. The third kappa shape index (κ3) is 65.1. The molecule has 0 aromatic carbocycles. The van der Waals surface area contributed by atoms with Crippen molar-refractivity contribution in [2.24, 2.45) is 0 Å². The summed E-state index contributed by atoms with van der Waals surface area (Å²) in [5.74, 6) is -1.05. The minimum absolute atomic E-state index is 0.0937. The summed E-state index contributed by atoms with van der Waals surface area (Å²) in [6.45, 7) is 6.42. The molecule has 460 valence electrons. The molecule has 0 spiro atoms. The lowest BCUT2D eigenvalue weighted by molar-refractivity contribution is -0.166. The van der Waals surface area contributed by atoms with E-state index >= 15 is 0 Å². The lowest BCUT2D eigenvalue weighted by Crippen LogP contribution is -2.30. The number of hydrogen-bond donors (Lipinski definition) is 0. The molecule has 0 heterocycles. The number of hydrogen-bond acceptors (Lipinski definition) is 6. The van der Waals surface area contributed by atoms with Crippen molar-refractivity contribution in [2.45, 2.75) is 341 Å². The van der Waals surface area contributed by atoms with E-state index in [1.807, 2.05) is 6.08 Å². The molecule has 0 aliphatic heterocycles. The van der Waals surface area contributed by atoms with Crippen molar-refractivity contribution < 1.29 is 28.6 Å². The van der Waals surface area contributed by atoms with Crippen LogP contribution in [-0.4, -0.2) is 37.2 Å². The Balaban J connectivity index is 4.19. The standard InChI is InChI=1S/C74H128O6/c1-4-7-10-13-16-19-22-25-28-29-30-31-32-33-34-35-36-37-38-39-40-41-42-43-44-45-47-49-52-55-58-61-64-67-73(76)79-70-71(69-78-72(75)66-63-60-57-54-51-48-27-24-21-18-15-12-9-6-3)80-74(77)68-65-62-59-56-53-50-46-26-23-20-17-14-11-8-5-2/h8,11,15,17-18,20,24,26-27,29-30,46,53,56,62,65,71H,4-7,9-10,12-14,16,19,21-23,25,28,31-45,47-52,54-55,57-61,63-64,66-70H2,1-3H3/b11-8-,18-15-,20-17-,27-24-,30-29-,46-26-,56-53-,65-62-. The van der Waals surface area contributed by atoms with Crippen LogP contribution in [0.5, 0.6) is 0 Å². The van der Waals surface area contributed by atoms with Crippen LogP contribution in [0.15, 0.2) is 97.2 Å². The van der Waals surface area contributed by atoms with E-state index in [2.05, 4.69) is 106 Å². The van der Waals surface area contributed by atoms with Crippen molar-refractivity contribution >= 4 is 17.9 Å². The Kier molecular flexibility index (Phi) is 64.7. The van der Waals surface area contributed by atoms with Gasteiger partial charge in [-0.05, 0) is 96.3 Å². The molecular weight excluding hydrogens is 985 g/mol. The summed E-state index contributed by atoms with van der Waals surface area (Å²) < 4.78 is 16.8. The van der Waals surface area contributed by atoms with Crippen LogP contribution in [0.1, 0.15) is 335 Å². The Morgan fingerprint density at radius 2 is 0.537 bits per heavy atom. The molecule has 1 unspecified atom stereocenters. The largest absolute Gasteiger partial charge is 0.462 e. The third-order valence-corrected chi connectivity index (χ3v) is 14.8. The van der Waals surface area contributed by atoms with Gasteiger partial charge in [0.2, 0.25) is 0 Å². The number of carbonyl (C=O) groups excluding carboxylic acids is 3. The van der Waals surface area contributed by atoms with E-state index in [-0.39, 0.29) is 31.6 Å². The number of ether oxygens (including phenoxy) is 3. The van der Waals surface area contributed by atoms with Crippen molar-refractivity contribution in [2.75, 3.05) is 13.2 Å². The molecule has 1 atom stereocenters. The maximum absolute atomic E-state index is 12.8. The quantitative estimate of drug-likeness (QED) is 0.0261. The molecule has 0 N–H and O–H groups in total. The van der Waals surface area contributed by atoms with Gasteiger partial charge in [-0.25, -0.2) is 0 Å². The summed E-state index contributed by atoms with van der Waals surface area (Å²) in [6.07, 6.45) is 92.0. The van der Waals surface area contributed by atoms with Crippen LogP contribution in [0.3, 0.4) is 0 Å². The summed E-state index contributed by atoms with van der Waals surface area (Å²) >= 11 is 0. The zero-order valence-electron chi connectivity index (χ0n) is 52.8. The maximum atomic E-state index is 12.8. The van der Waals surface area contributed by atoms with Crippen LogP contribution in [0.2, 0.25) is 0 Å². The minimum atomic E-state index is -0.838. The second-order valence-electron chi connectivity index (χ2n) is 22.7. The fraction of sp³-hybridized carbons (Fsp3) is 0.743. The predicted octanol–water partition coefficient (Wildman–Crippen LogP) is 23.6. The van der Waals surface area contributed by atoms with Crippen LogP contribution in [-0.2, 0) is 28.6 Å². The Hall–Kier alpha value is -3.67. The van der Waals surface area contributed by atoms with Crippen LogP contribution in [0, 0.1) is 0 Å². The summed E-state index contributed by atoms with van der Waals surface area (Å²) in [7, 11) is 0. The highest BCUT2D eigenvalue weighted by molar-refractivity contribution is 5.72. The van der Waals surface area contributed by atoms with Gasteiger partial charge >= 0.3 is 17.9 Å². The highest BCUT2D eigenvalue weighted by atomic mass is 16.6. The van der Waals surface area contributed by atoms with Gasteiger partial charge in [0.15, 0.2) is 6.10 Å². The number of allylic oxidation sites excluding steroid dienone is 15. The molecule has 6 heteroatoms. The zero-order chi connectivity index (χ0) is 57.8. The van der Waals surface area contributed by atoms with Crippen LogP contribution in [0.25, 0.3) is 0 Å². The van der Waals surface area contributed by atoms with Gasteiger partial charge in [0.25, 0.3) is 0 Å². The van der Waals surface area contributed by atoms with Crippen LogP contribution in [0.4, 0.5) is 0 Å². The van der Waals surface area contributed by atoms with Gasteiger partial charge in [-0.1, -0.05) is 317 Å².